The van der Waals surface area contributed by atoms with E-state index in [0.717, 1.165) is 28.1 Å². The number of hydrogen-bond acceptors (Lipinski definition) is 4. The lowest BCUT2D eigenvalue weighted by Crippen LogP contribution is -2.18. The largest absolute Gasteiger partial charge is 0.212 e. The molecule has 4 aromatic rings. The number of nitriles is 1. The average Bonchev–Trinajstić information content (AvgIpc) is 2.79. The molecular formula is C26H22N4. The van der Waals surface area contributed by atoms with E-state index in [1.165, 1.54) is 0 Å². The maximum Gasteiger partial charge on any atom is 0.163 e. The fourth-order valence-electron chi connectivity index (χ4n) is 3.11. The molecule has 0 spiro atoms. The molecule has 146 valence electrons. The van der Waals surface area contributed by atoms with E-state index in [1.54, 1.807) is 0 Å². The highest BCUT2D eigenvalue weighted by atomic mass is 15.0. The second-order valence-electron chi connectivity index (χ2n) is 8.19. The summed E-state index contributed by atoms with van der Waals surface area (Å²) >= 11 is 0. The molecular weight excluding hydrogens is 368 g/mol. The van der Waals surface area contributed by atoms with Gasteiger partial charge in [0.2, 0.25) is 0 Å². The maximum absolute atomic E-state index is 8.98. The van der Waals surface area contributed by atoms with Crippen LogP contribution < -0.4 is 0 Å². The number of benzene rings is 3. The third-order valence-corrected chi connectivity index (χ3v) is 4.83. The van der Waals surface area contributed by atoms with Crippen molar-refractivity contribution in [2.24, 2.45) is 0 Å². The van der Waals surface area contributed by atoms with Gasteiger partial charge < -0.3 is 0 Å². The lowest BCUT2D eigenvalue weighted by atomic mass is 9.95. The van der Waals surface area contributed by atoms with E-state index in [-0.39, 0.29) is 5.41 Å². The van der Waals surface area contributed by atoms with Crippen molar-refractivity contribution in [3.8, 4) is 40.0 Å². The van der Waals surface area contributed by atoms with Crippen LogP contribution in [0.25, 0.3) is 33.9 Å². The normalized spacial score (nSPS) is 11.1. The van der Waals surface area contributed by atoms with E-state index >= 15 is 0 Å². The van der Waals surface area contributed by atoms with Gasteiger partial charge in [0.1, 0.15) is 5.82 Å². The summed E-state index contributed by atoms with van der Waals surface area (Å²) < 4.78 is 0. The highest BCUT2D eigenvalue weighted by molar-refractivity contribution is 5.69. The lowest BCUT2D eigenvalue weighted by Gasteiger charge is -2.18. The number of aromatic nitrogens is 3. The molecule has 0 atom stereocenters. The van der Waals surface area contributed by atoms with Crippen LogP contribution in [0.4, 0.5) is 0 Å². The van der Waals surface area contributed by atoms with Crippen LogP contribution in [0.2, 0.25) is 0 Å². The molecule has 4 rings (SSSR count). The zero-order valence-electron chi connectivity index (χ0n) is 17.3. The van der Waals surface area contributed by atoms with Crippen LogP contribution >= 0.6 is 0 Å². The van der Waals surface area contributed by atoms with Gasteiger partial charge in [0, 0.05) is 16.5 Å². The van der Waals surface area contributed by atoms with Crippen LogP contribution in [0, 0.1) is 11.3 Å². The summed E-state index contributed by atoms with van der Waals surface area (Å²) in [6.45, 7) is 6.32. The summed E-state index contributed by atoms with van der Waals surface area (Å²) in [6, 6.07) is 27.9. The van der Waals surface area contributed by atoms with Gasteiger partial charge in [-0.1, -0.05) is 87.5 Å². The van der Waals surface area contributed by atoms with Crippen molar-refractivity contribution in [1.82, 2.24) is 15.0 Å². The molecule has 0 aliphatic rings. The topological polar surface area (TPSA) is 62.5 Å². The Hall–Kier alpha value is -3.84. The Morgan fingerprint density at radius 3 is 1.57 bits per heavy atom. The smallest absolute Gasteiger partial charge is 0.163 e. The predicted molar refractivity (Wildman–Crippen MR) is 120 cm³/mol. The van der Waals surface area contributed by atoms with Gasteiger partial charge in [-0.25, -0.2) is 15.0 Å². The molecule has 30 heavy (non-hydrogen) atoms. The van der Waals surface area contributed by atoms with Gasteiger partial charge in [-0.3, -0.25) is 0 Å². The molecule has 0 fully saturated rings. The van der Waals surface area contributed by atoms with Crippen LogP contribution in [-0.4, -0.2) is 15.0 Å². The fraction of sp³-hybridized carbons (Fsp3) is 0.154. The molecule has 0 aliphatic carbocycles. The Kier molecular flexibility index (Phi) is 5.12. The zero-order chi connectivity index (χ0) is 21.1. The van der Waals surface area contributed by atoms with Crippen molar-refractivity contribution >= 4 is 0 Å². The van der Waals surface area contributed by atoms with Gasteiger partial charge in [0.25, 0.3) is 0 Å². The van der Waals surface area contributed by atoms with Crippen molar-refractivity contribution < 1.29 is 0 Å². The molecule has 0 aliphatic heterocycles. The average molecular weight is 390 g/mol. The third kappa shape index (κ3) is 4.11. The van der Waals surface area contributed by atoms with E-state index in [2.05, 4.69) is 39.0 Å². The Bertz CT molecular complexity index is 1200. The molecule has 0 unspecified atom stereocenters. The minimum absolute atomic E-state index is 0.191. The molecule has 0 N–H and O–H groups in total. The summed E-state index contributed by atoms with van der Waals surface area (Å²) in [6.07, 6.45) is 0. The zero-order valence-corrected chi connectivity index (χ0v) is 17.3. The highest BCUT2D eigenvalue weighted by Gasteiger charge is 2.21. The van der Waals surface area contributed by atoms with E-state index in [4.69, 9.17) is 20.2 Å². The molecule has 4 heteroatoms. The van der Waals surface area contributed by atoms with Crippen LogP contribution in [0.1, 0.15) is 32.2 Å². The second-order valence-corrected chi connectivity index (χ2v) is 8.19. The van der Waals surface area contributed by atoms with Crippen LogP contribution in [-0.2, 0) is 5.41 Å². The minimum Gasteiger partial charge on any atom is -0.212 e. The van der Waals surface area contributed by atoms with E-state index in [0.29, 0.717) is 17.2 Å². The first-order chi connectivity index (χ1) is 14.4. The molecule has 0 amide bonds. The SMILES string of the molecule is CC(C)(C)c1nc(-c2ccccc2)nc(-c2ccc(-c3ccc(C#N)cc3)cc2)n1. The molecule has 1 heterocycles. The van der Waals surface area contributed by atoms with E-state index in [9.17, 15) is 0 Å². The summed E-state index contributed by atoms with van der Waals surface area (Å²) in [7, 11) is 0. The second kappa shape index (κ2) is 7.88. The van der Waals surface area contributed by atoms with Gasteiger partial charge >= 0.3 is 0 Å². The molecule has 4 nitrogen and oxygen atoms in total. The van der Waals surface area contributed by atoms with Crippen LogP contribution in [0.3, 0.4) is 0 Å². The van der Waals surface area contributed by atoms with Gasteiger partial charge in [0.15, 0.2) is 11.6 Å². The first kappa shape index (κ1) is 19.5. The fourth-order valence-corrected chi connectivity index (χ4v) is 3.11. The van der Waals surface area contributed by atoms with Gasteiger partial charge in [-0.15, -0.1) is 0 Å². The molecule has 3 aromatic carbocycles. The Balaban J connectivity index is 1.75. The molecule has 1 aromatic heterocycles. The summed E-state index contributed by atoms with van der Waals surface area (Å²) in [5.41, 5.74) is 4.53. The van der Waals surface area contributed by atoms with Gasteiger partial charge in [0.05, 0.1) is 11.6 Å². The van der Waals surface area contributed by atoms with E-state index in [1.807, 2.05) is 66.7 Å². The third-order valence-electron chi connectivity index (χ3n) is 4.83. The Morgan fingerprint density at radius 2 is 1.07 bits per heavy atom. The monoisotopic (exact) mass is 390 g/mol. The lowest BCUT2D eigenvalue weighted by molar-refractivity contribution is 0.543. The van der Waals surface area contributed by atoms with E-state index < -0.39 is 0 Å². The minimum atomic E-state index is -0.191. The Morgan fingerprint density at radius 1 is 0.600 bits per heavy atom. The van der Waals surface area contributed by atoms with Crippen LogP contribution in [0.15, 0.2) is 78.9 Å². The van der Waals surface area contributed by atoms with Crippen LogP contribution in [0.5, 0.6) is 0 Å². The first-order valence-electron chi connectivity index (χ1n) is 9.87. The maximum atomic E-state index is 8.98. The van der Waals surface area contributed by atoms with Crippen molar-refractivity contribution in [2.45, 2.75) is 26.2 Å². The van der Waals surface area contributed by atoms with Crippen molar-refractivity contribution in [3.63, 3.8) is 0 Å². The summed E-state index contributed by atoms with van der Waals surface area (Å²) in [5.74, 6) is 2.12. The number of rotatable bonds is 3. The molecule has 0 saturated heterocycles. The summed E-state index contributed by atoms with van der Waals surface area (Å²) in [4.78, 5) is 14.3. The molecule has 0 radical (unpaired) electrons. The first-order valence-corrected chi connectivity index (χ1v) is 9.87. The van der Waals surface area contributed by atoms with Gasteiger partial charge in [-0.05, 0) is 23.3 Å². The summed E-state index contributed by atoms with van der Waals surface area (Å²) in [5, 5.41) is 8.98. The van der Waals surface area contributed by atoms with Gasteiger partial charge in [-0.2, -0.15) is 5.26 Å². The standard InChI is InChI=1S/C26H22N4/c1-26(2,3)25-29-23(21-7-5-4-6-8-21)28-24(30-25)22-15-13-20(14-16-22)19-11-9-18(17-27)10-12-19/h4-16H,1-3H3. The molecule has 0 bridgehead atoms. The highest BCUT2D eigenvalue weighted by Crippen LogP contribution is 2.27. The number of nitrogens with zero attached hydrogens (tertiary/aromatic N) is 4. The Labute approximate surface area is 176 Å². The number of hydrogen-bond donors (Lipinski definition) is 0. The van der Waals surface area contributed by atoms with Crippen molar-refractivity contribution in [1.29, 1.82) is 5.26 Å². The molecule has 0 saturated carbocycles. The predicted octanol–water partition coefficient (Wildman–Crippen LogP) is 6.04. The quantitative estimate of drug-likeness (QED) is 0.428. The van der Waals surface area contributed by atoms with Crippen molar-refractivity contribution in [2.75, 3.05) is 0 Å². The van der Waals surface area contributed by atoms with Crippen molar-refractivity contribution in [3.05, 3.63) is 90.3 Å².